The van der Waals surface area contributed by atoms with Crippen molar-refractivity contribution in [1.82, 2.24) is 10.6 Å². The first-order valence-corrected chi connectivity index (χ1v) is 7.79. The quantitative estimate of drug-likeness (QED) is 0.655. The zero-order valence-corrected chi connectivity index (χ0v) is 11.9. The van der Waals surface area contributed by atoms with E-state index in [0.29, 0.717) is 6.54 Å². The van der Waals surface area contributed by atoms with Gasteiger partial charge in [0.25, 0.3) is 0 Å². The third-order valence-corrected chi connectivity index (χ3v) is 4.10. The molecule has 5 nitrogen and oxygen atoms in total. The molecule has 0 bridgehead atoms. The average molecular weight is 264 g/mol. The van der Waals surface area contributed by atoms with E-state index in [0.717, 1.165) is 6.42 Å². The summed E-state index contributed by atoms with van der Waals surface area (Å²) in [4.78, 5) is 11.3. The molecule has 0 aromatic rings. The van der Waals surface area contributed by atoms with Gasteiger partial charge in [-0.2, -0.15) is 0 Å². The SMILES string of the molecule is CCCNC(=O)CS(=O)(=O)CC(NC)C(C)C. The summed E-state index contributed by atoms with van der Waals surface area (Å²) in [6.45, 7) is 6.35. The molecule has 1 atom stereocenters. The van der Waals surface area contributed by atoms with Crippen molar-refractivity contribution in [3.8, 4) is 0 Å². The maximum atomic E-state index is 11.8. The standard InChI is InChI=1S/C11H24N2O3S/c1-5-6-13-11(14)8-17(15,16)7-10(12-4)9(2)3/h9-10,12H,5-8H2,1-4H3,(H,13,14). The van der Waals surface area contributed by atoms with E-state index in [4.69, 9.17) is 0 Å². The van der Waals surface area contributed by atoms with Gasteiger partial charge in [-0.3, -0.25) is 4.79 Å². The number of carbonyl (C=O) groups is 1. The lowest BCUT2D eigenvalue weighted by atomic mass is 10.1. The summed E-state index contributed by atoms with van der Waals surface area (Å²) >= 11 is 0. The van der Waals surface area contributed by atoms with Crippen LogP contribution in [0.4, 0.5) is 0 Å². The van der Waals surface area contributed by atoms with E-state index in [1.807, 2.05) is 20.8 Å². The first-order chi connectivity index (χ1) is 7.82. The monoisotopic (exact) mass is 264 g/mol. The van der Waals surface area contributed by atoms with Gasteiger partial charge in [-0.25, -0.2) is 8.42 Å². The lowest BCUT2D eigenvalue weighted by molar-refractivity contribution is -0.118. The Morgan fingerprint density at radius 3 is 2.29 bits per heavy atom. The van der Waals surface area contributed by atoms with Crippen LogP contribution in [0.2, 0.25) is 0 Å². The molecule has 17 heavy (non-hydrogen) atoms. The highest BCUT2D eigenvalue weighted by Gasteiger charge is 2.23. The second-order valence-corrected chi connectivity index (χ2v) is 6.65. The number of sulfone groups is 1. The molecule has 0 saturated carbocycles. The van der Waals surface area contributed by atoms with Gasteiger partial charge in [0, 0.05) is 12.6 Å². The average Bonchev–Trinajstić information content (AvgIpc) is 2.22. The first-order valence-electron chi connectivity index (χ1n) is 5.96. The minimum absolute atomic E-state index is 0.000706. The van der Waals surface area contributed by atoms with Crippen molar-refractivity contribution in [2.24, 2.45) is 5.92 Å². The van der Waals surface area contributed by atoms with Crippen molar-refractivity contribution >= 4 is 15.7 Å². The molecule has 6 heteroatoms. The maximum absolute atomic E-state index is 11.8. The molecule has 0 saturated heterocycles. The third-order valence-electron chi connectivity index (χ3n) is 2.53. The van der Waals surface area contributed by atoms with Crippen molar-refractivity contribution < 1.29 is 13.2 Å². The van der Waals surface area contributed by atoms with Crippen LogP contribution in [0.1, 0.15) is 27.2 Å². The molecule has 0 fully saturated rings. The number of nitrogens with one attached hydrogen (secondary N) is 2. The molecule has 0 rings (SSSR count). The van der Waals surface area contributed by atoms with E-state index in [9.17, 15) is 13.2 Å². The van der Waals surface area contributed by atoms with E-state index in [1.54, 1.807) is 7.05 Å². The van der Waals surface area contributed by atoms with Gasteiger partial charge in [0.15, 0.2) is 9.84 Å². The predicted molar refractivity (Wildman–Crippen MR) is 69.6 cm³/mol. The smallest absolute Gasteiger partial charge is 0.235 e. The number of hydrogen-bond donors (Lipinski definition) is 2. The molecule has 102 valence electrons. The molecule has 0 radical (unpaired) electrons. The number of amides is 1. The fourth-order valence-corrected chi connectivity index (χ4v) is 3.17. The minimum Gasteiger partial charge on any atom is -0.355 e. The fourth-order valence-electron chi connectivity index (χ4n) is 1.46. The van der Waals surface area contributed by atoms with Crippen molar-refractivity contribution in [3.63, 3.8) is 0 Å². The zero-order chi connectivity index (χ0) is 13.5. The Morgan fingerprint density at radius 1 is 1.29 bits per heavy atom. The van der Waals surface area contributed by atoms with Crippen molar-refractivity contribution in [1.29, 1.82) is 0 Å². The molecule has 2 N–H and O–H groups in total. The van der Waals surface area contributed by atoms with Crippen molar-refractivity contribution in [3.05, 3.63) is 0 Å². The van der Waals surface area contributed by atoms with Crippen LogP contribution in [0.3, 0.4) is 0 Å². The summed E-state index contributed by atoms with van der Waals surface area (Å²) in [5, 5.41) is 5.53. The van der Waals surface area contributed by atoms with Crippen LogP contribution in [-0.2, 0) is 14.6 Å². The Kier molecular flexibility index (Phi) is 7.38. The summed E-state index contributed by atoms with van der Waals surface area (Å²) < 4.78 is 23.6. The normalized spacial score (nSPS) is 13.7. The van der Waals surface area contributed by atoms with Crippen LogP contribution in [0, 0.1) is 5.92 Å². The van der Waals surface area contributed by atoms with Crippen molar-refractivity contribution in [2.45, 2.75) is 33.2 Å². The van der Waals surface area contributed by atoms with Gasteiger partial charge in [0.2, 0.25) is 5.91 Å². The van der Waals surface area contributed by atoms with Crippen LogP contribution in [0.5, 0.6) is 0 Å². The summed E-state index contributed by atoms with van der Waals surface area (Å²) in [6, 6.07) is -0.112. The Labute approximate surface area is 104 Å². The molecular weight excluding hydrogens is 240 g/mol. The highest BCUT2D eigenvalue weighted by Crippen LogP contribution is 2.05. The minimum atomic E-state index is -3.34. The lowest BCUT2D eigenvalue weighted by Gasteiger charge is -2.19. The van der Waals surface area contributed by atoms with Gasteiger partial charge in [-0.1, -0.05) is 20.8 Å². The van der Waals surface area contributed by atoms with Crippen LogP contribution in [-0.4, -0.2) is 45.5 Å². The zero-order valence-electron chi connectivity index (χ0n) is 11.1. The Balaban J connectivity index is 4.33. The van der Waals surface area contributed by atoms with Crippen LogP contribution in [0.25, 0.3) is 0 Å². The highest BCUT2D eigenvalue weighted by molar-refractivity contribution is 7.92. The van der Waals surface area contributed by atoms with Gasteiger partial charge >= 0.3 is 0 Å². The Morgan fingerprint density at radius 2 is 1.88 bits per heavy atom. The fraction of sp³-hybridized carbons (Fsp3) is 0.909. The summed E-state index contributed by atoms with van der Waals surface area (Å²) in [5.74, 6) is -0.613. The molecule has 0 aliphatic rings. The van der Waals surface area contributed by atoms with Crippen LogP contribution in [0.15, 0.2) is 0 Å². The maximum Gasteiger partial charge on any atom is 0.235 e. The number of carbonyl (C=O) groups excluding carboxylic acids is 1. The molecular formula is C11H24N2O3S. The number of rotatable bonds is 8. The van der Waals surface area contributed by atoms with Crippen LogP contribution >= 0.6 is 0 Å². The first kappa shape index (κ1) is 16.4. The van der Waals surface area contributed by atoms with Crippen LogP contribution < -0.4 is 10.6 Å². The molecule has 0 heterocycles. The highest BCUT2D eigenvalue weighted by atomic mass is 32.2. The second-order valence-electron chi connectivity index (χ2n) is 4.54. The summed E-state index contributed by atoms with van der Waals surface area (Å²) in [6.07, 6.45) is 0.803. The second kappa shape index (κ2) is 7.66. The van der Waals surface area contributed by atoms with E-state index < -0.39 is 21.5 Å². The largest absolute Gasteiger partial charge is 0.355 e. The van der Waals surface area contributed by atoms with Gasteiger partial charge < -0.3 is 10.6 Å². The summed E-state index contributed by atoms with van der Waals surface area (Å²) in [5.41, 5.74) is 0. The number of hydrogen-bond acceptors (Lipinski definition) is 4. The van der Waals surface area contributed by atoms with E-state index in [-0.39, 0.29) is 17.7 Å². The third kappa shape index (κ3) is 7.33. The molecule has 0 aromatic heterocycles. The van der Waals surface area contributed by atoms with E-state index >= 15 is 0 Å². The van der Waals surface area contributed by atoms with Gasteiger partial charge in [0.1, 0.15) is 5.75 Å². The molecule has 0 aromatic carbocycles. The Bertz CT molecular complexity index is 326. The molecule has 1 amide bonds. The lowest BCUT2D eigenvalue weighted by Crippen LogP contribution is -2.40. The van der Waals surface area contributed by atoms with E-state index in [2.05, 4.69) is 10.6 Å². The Hall–Kier alpha value is -0.620. The van der Waals surface area contributed by atoms with Gasteiger partial charge in [-0.05, 0) is 19.4 Å². The molecule has 0 aliphatic heterocycles. The molecule has 0 aliphatic carbocycles. The van der Waals surface area contributed by atoms with Gasteiger partial charge in [-0.15, -0.1) is 0 Å². The topological polar surface area (TPSA) is 75.3 Å². The summed E-state index contributed by atoms with van der Waals surface area (Å²) in [7, 11) is -1.61. The molecule has 1 unspecified atom stereocenters. The van der Waals surface area contributed by atoms with Crippen molar-refractivity contribution in [2.75, 3.05) is 25.1 Å². The molecule has 0 spiro atoms. The predicted octanol–water partition coefficient (Wildman–Crippen LogP) is 0.171. The van der Waals surface area contributed by atoms with E-state index in [1.165, 1.54) is 0 Å². The van der Waals surface area contributed by atoms with Gasteiger partial charge in [0.05, 0.1) is 5.75 Å².